The van der Waals surface area contributed by atoms with Crippen LogP contribution in [0.15, 0.2) is 4.52 Å². The van der Waals surface area contributed by atoms with Crippen molar-refractivity contribution in [3.8, 4) is 0 Å². The second-order valence-electron chi connectivity index (χ2n) is 7.43. The summed E-state index contributed by atoms with van der Waals surface area (Å²) in [6.07, 6.45) is 4.27. The summed E-state index contributed by atoms with van der Waals surface area (Å²) in [5.41, 5.74) is 5.72. The molecule has 0 aliphatic heterocycles. The summed E-state index contributed by atoms with van der Waals surface area (Å²) >= 11 is 0. The van der Waals surface area contributed by atoms with E-state index in [-0.39, 0.29) is 11.5 Å². The van der Waals surface area contributed by atoms with Gasteiger partial charge in [-0.05, 0) is 37.5 Å². The first kappa shape index (κ1) is 16.4. The Morgan fingerprint density at radius 1 is 1.48 bits per heavy atom. The lowest BCUT2D eigenvalue weighted by Crippen LogP contribution is -2.36. The molecule has 0 amide bonds. The Morgan fingerprint density at radius 3 is 2.76 bits per heavy atom. The van der Waals surface area contributed by atoms with Crippen LogP contribution in [-0.2, 0) is 10.3 Å². The van der Waals surface area contributed by atoms with Crippen LogP contribution in [0.5, 0.6) is 0 Å². The van der Waals surface area contributed by atoms with Gasteiger partial charge in [0.1, 0.15) is 5.60 Å². The second-order valence-corrected chi connectivity index (χ2v) is 7.43. The van der Waals surface area contributed by atoms with Gasteiger partial charge in [-0.25, -0.2) is 0 Å². The van der Waals surface area contributed by atoms with Crippen LogP contribution in [0, 0.1) is 11.3 Å². The summed E-state index contributed by atoms with van der Waals surface area (Å²) in [4.78, 5) is 4.60. The molecule has 2 unspecified atom stereocenters. The highest BCUT2D eigenvalue weighted by Crippen LogP contribution is 2.42. The van der Waals surface area contributed by atoms with Crippen molar-refractivity contribution >= 4 is 0 Å². The molecule has 120 valence electrons. The topological polar surface area (TPSA) is 74.2 Å². The minimum atomic E-state index is -0.397. The molecule has 0 aromatic carbocycles. The lowest BCUT2D eigenvalue weighted by molar-refractivity contribution is -0.0891. The Kier molecular flexibility index (Phi) is 4.73. The van der Waals surface area contributed by atoms with Gasteiger partial charge in [-0.2, -0.15) is 4.98 Å². The van der Waals surface area contributed by atoms with Crippen molar-refractivity contribution < 1.29 is 9.26 Å². The summed E-state index contributed by atoms with van der Waals surface area (Å²) in [5, 5.41) is 4.21. The predicted molar refractivity (Wildman–Crippen MR) is 81.6 cm³/mol. The molecule has 1 aromatic heterocycles. The van der Waals surface area contributed by atoms with Crippen LogP contribution in [-0.4, -0.2) is 16.7 Å². The molecule has 1 heterocycles. The van der Waals surface area contributed by atoms with Gasteiger partial charge in [-0.1, -0.05) is 39.3 Å². The lowest BCUT2D eigenvalue weighted by atomic mass is 9.78. The third kappa shape index (κ3) is 3.46. The molecule has 1 saturated carbocycles. The SMILES string of the molecule is CCOC1(c2noc([C@@H](N)C(C)(C)C)n2)CCCC(C)C1. The predicted octanol–water partition coefficient (Wildman–Crippen LogP) is 3.56. The second kappa shape index (κ2) is 6.05. The van der Waals surface area contributed by atoms with Crippen LogP contribution in [0.3, 0.4) is 0 Å². The molecule has 1 aliphatic carbocycles. The van der Waals surface area contributed by atoms with Gasteiger partial charge < -0.3 is 15.0 Å². The number of hydrogen-bond donors (Lipinski definition) is 1. The van der Waals surface area contributed by atoms with E-state index in [4.69, 9.17) is 15.0 Å². The fraction of sp³-hybridized carbons (Fsp3) is 0.875. The Bertz CT molecular complexity index is 462. The monoisotopic (exact) mass is 295 g/mol. The van der Waals surface area contributed by atoms with Gasteiger partial charge in [0.25, 0.3) is 0 Å². The van der Waals surface area contributed by atoms with Crippen LogP contribution < -0.4 is 5.73 Å². The number of hydrogen-bond acceptors (Lipinski definition) is 5. The molecule has 1 aromatic rings. The van der Waals surface area contributed by atoms with Gasteiger partial charge in [0, 0.05) is 6.61 Å². The molecular weight excluding hydrogens is 266 g/mol. The minimum absolute atomic E-state index is 0.109. The normalized spacial score (nSPS) is 28.6. The lowest BCUT2D eigenvalue weighted by Gasteiger charge is -2.37. The molecule has 1 aliphatic rings. The zero-order valence-electron chi connectivity index (χ0n) is 14.0. The van der Waals surface area contributed by atoms with Crippen molar-refractivity contribution in [2.24, 2.45) is 17.1 Å². The highest BCUT2D eigenvalue weighted by molar-refractivity contribution is 5.06. The van der Waals surface area contributed by atoms with Crippen LogP contribution in [0.1, 0.15) is 78.1 Å². The van der Waals surface area contributed by atoms with E-state index in [0.717, 1.165) is 19.3 Å². The highest BCUT2D eigenvalue weighted by atomic mass is 16.5. The number of aromatic nitrogens is 2. The van der Waals surface area contributed by atoms with Crippen molar-refractivity contribution in [3.05, 3.63) is 11.7 Å². The first-order valence-electron chi connectivity index (χ1n) is 8.02. The fourth-order valence-corrected chi connectivity index (χ4v) is 3.10. The fourth-order valence-electron chi connectivity index (χ4n) is 3.10. The van der Waals surface area contributed by atoms with Gasteiger partial charge in [0.05, 0.1) is 6.04 Å². The van der Waals surface area contributed by atoms with Gasteiger partial charge in [-0.3, -0.25) is 0 Å². The van der Waals surface area contributed by atoms with E-state index >= 15 is 0 Å². The zero-order chi connectivity index (χ0) is 15.7. The van der Waals surface area contributed by atoms with E-state index in [1.807, 2.05) is 6.92 Å². The number of nitrogens with zero attached hydrogens (tertiary/aromatic N) is 2. The molecule has 0 spiro atoms. The summed E-state index contributed by atoms with van der Waals surface area (Å²) in [7, 11) is 0. The summed E-state index contributed by atoms with van der Waals surface area (Å²) in [5.74, 6) is 1.80. The Morgan fingerprint density at radius 2 is 2.19 bits per heavy atom. The Balaban J connectivity index is 2.28. The maximum atomic E-state index is 6.22. The molecule has 3 atom stereocenters. The molecule has 0 saturated heterocycles. The van der Waals surface area contributed by atoms with Crippen LogP contribution >= 0.6 is 0 Å². The number of nitrogens with two attached hydrogens (primary N) is 1. The summed E-state index contributed by atoms with van der Waals surface area (Å²) < 4.78 is 11.5. The third-order valence-corrected chi connectivity index (χ3v) is 4.42. The number of ether oxygens (including phenoxy) is 1. The molecular formula is C16H29N3O2. The smallest absolute Gasteiger partial charge is 0.244 e. The first-order valence-corrected chi connectivity index (χ1v) is 8.02. The van der Waals surface area contributed by atoms with E-state index in [0.29, 0.717) is 24.2 Å². The van der Waals surface area contributed by atoms with Gasteiger partial charge in [-0.15, -0.1) is 0 Å². The minimum Gasteiger partial charge on any atom is -0.367 e. The Labute approximate surface area is 127 Å². The molecule has 21 heavy (non-hydrogen) atoms. The van der Waals surface area contributed by atoms with Crippen molar-refractivity contribution in [2.45, 2.75) is 71.9 Å². The van der Waals surface area contributed by atoms with E-state index in [9.17, 15) is 0 Å². The van der Waals surface area contributed by atoms with Crippen molar-refractivity contribution in [3.63, 3.8) is 0 Å². The van der Waals surface area contributed by atoms with Crippen LogP contribution in [0.4, 0.5) is 0 Å². The first-order chi connectivity index (χ1) is 9.78. The van der Waals surface area contributed by atoms with E-state index in [1.54, 1.807) is 0 Å². The molecule has 0 bridgehead atoms. The van der Waals surface area contributed by atoms with Gasteiger partial charge in [0.15, 0.2) is 0 Å². The summed E-state index contributed by atoms with van der Waals surface area (Å²) in [6.45, 7) is 11.1. The molecule has 2 rings (SSSR count). The standard InChI is InChI=1S/C16H29N3O2/c1-6-20-16(9-7-8-11(2)10-16)14-18-13(21-19-14)12(17)15(3,4)5/h11-12H,6-10,17H2,1-5H3/t11?,12-,16?/m1/s1. The van der Waals surface area contributed by atoms with Gasteiger partial charge >= 0.3 is 0 Å². The largest absolute Gasteiger partial charge is 0.367 e. The van der Waals surface area contributed by atoms with Gasteiger partial charge in [0.2, 0.25) is 11.7 Å². The zero-order valence-corrected chi connectivity index (χ0v) is 14.0. The average Bonchev–Trinajstić information content (AvgIpc) is 2.87. The quantitative estimate of drug-likeness (QED) is 0.919. The highest BCUT2D eigenvalue weighted by Gasteiger charge is 2.42. The molecule has 1 fully saturated rings. The molecule has 5 nitrogen and oxygen atoms in total. The van der Waals surface area contributed by atoms with Crippen LogP contribution in [0.2, 0.25) is 0 Å². The molecule has 5 heteroatoms. The van der Waals surface area contributed by atoms with E-state index in [1.165, 1.54) is 6.42 Å². The van der Waals surface area contributed by atoms with Crippen molar-refractivity contribution in [2.75, 3.05) is 6.61 Å². The third-order valence-electron chi connectivity index (χ3n) is 4.42. The molecule has 2 N–H and O–H groups in total. The molecule has 0 radical (unpaired) electrons. The average molecular weight is 295 g/mol. The maximum absolute atomic E-state index is 6.22. The number of rotatable bonds is 4. The Hall–Kier alpha value is -0.940. The van der Waals surface area contributed by atoms with Crippen molar-refractivity contribution in [1.29, 1.82) is 0 Å². The van der Waals surface area contributed by atoms with E-state index < -0.39 is 5.60 Å². The van der Waals surface area contributed by atoms with Crippen LogP contribution in [0.25, 0.3) is 0 Å². The van der Waals surface area contributed by atoms with E-state index in [2.05, 4.69) is 37.8 Å². The maximum Gasteiger partial charge on any atom is 0.244 e. The summed E-state index contributed by atoms with van der Waals surface area (Å²) in [6, 6.07) is -0.265. The van der Waals surface area contributed by atoms with Crippen molar-refractivity contribution in [1.82, 2.24) is 10.1 Å².